The highest BCUT2D eigenvalue weighted by Crippen LogP contribution is 2.29. The van der Waals surface area contributed by atoms with Crippen molar-refractivity contribution in [2.24, 2.45) is 0 Å². The molecule has 2 aliphatic heterocycles. The number of benzene rings is 2. The van der Waals surface area contributed by atoms with E-state index in [1.54, 1.807) is 6.07 Å². The second kappa shape index (κ2) is 10.5. The monoisotopic (exact) mass is 455 g/mol. The predicted molar refractivity (Wildman–Crippen MR) is 125 cm³/mol. The summed E-state index contributed by atoms with van der Waals surface area (Å²) in [5.74, 6) is -0.152. The van der Waals surface area contributed by atoms with Crippen molar-refractivity contribution in [3.05, 3.63) is 70.2 Å². The van der Waals surface area contributed by atoms with Crippen molar-refractivity contribution in [1.82, 2.24) is 14.7 Å². The molecule has 1 unspecified atom stereocenters. The summed E-state index contributed by atoms with van der Waals surface area (Å²) < 4.78 is 5.08. The van der Waals surface area contributed by atoms with Crippen molar-refractivity contribution >= 4 is 23.5 Å². The average molecular weight is 456 g/mol. The van der Waals surface area contributed by atoms with Gasteiger partial charge in [-0.2, -0.15) is 0 Å². The van der Waals surface area contributed by atoms with Gasteiger partial charge in [-0.15, -0.1) is 0 Å². The Morgan fingerprint density at radius 1 is 0.938 bits per heavy atom. The van der Waals surface area contributed by atoms with E-state index in [4.69, 9.17) is 16.3 Å². The molecule has 4 rings (SSSR count). The SMILES string of the molecule is COC(=O)C(c1ccccc1Cl)N1CCN(Cc2ccc(C(=O)N3CCCC3)cc2)CC1. The number of rotatable bonds is 6. The van der Waals surface area contributed by atoms with E-state index in [1.807, 2.05) is 35.2 Å². The number of amides is 1. The van der Waals surface area contributed by atoms with E-state index >= 15 is 0 Å². The Balaban J connectivity index is 1.35. The molecule has 32 heavy (non-hydrogen) atoms. The molecule has 7 heteroatoms. The number of halogens is 1. The van der Waals surface area contributed by atoms with Gasteiger partial charge in [-0.1, -0.05) is 41.9 Å². The molecule has 6 nitrogen and oxygen atoms in total. The average Bonchev–Trinajstić information content (AvgIpc) is 3.36. The topological polar surface area (TPSA) is 53.1 Å². The Bertz CT molecular complexity index is 936. The van der Waals surface area contributed by atoms with Crippen molar-refractivity contribution in [3.8, 4) is 0 Å². The fraction of sp³-hybridized carbons (Fsp3) is 0.440. The van der Waals surface area contributed by atoms with E-state index < -0.39 is 6.04 Å². The van der Waals surface area contributed by atoms with Crippen LogP contribution in [0.25, 0.3) is 0 Å². The summed E-state index contributed by atoms with van der Waals surface area (Å²) in [6.45, 7) is 5.73. The van der Waals surface area contributed by atoms with E-state index in [0.29, 0.717) is 5.02 Å². The first-order valence-corrected chi connectivity index (χ1v) is 11.6. The predicted octanol–water partition coefficient (Wildman–Crippen LogP) is 3.61. The summed E-state index contributed by atoms with van der Waals surface area (Å²) in [4.78, 5) is 31.5. The number of methoxy groups -OCH3 is 1. The Kier molecular flexibility index (Phi) is 7.45. The van der Waals surface area contributed by atoms with Gasteiger partial charge in [-0.05, 0) is 42.2 Å². The largest absolute Gasteiger partial charge is 0.468 e. The summed E-state index contributed by atoms with van der Waals surface area (Å²) in [6, 6.07) is 14.9. The molecular formula is C25H30ClN3O3. The molecule has 1 atom stereocenters. The van der Waals surface area contributed by atoms with Crippen LogP contribution in [-0.4, -0.2) is 73.0 Å². The summed E-state index contributed by atoms with van der Waals surface area (Å²) in [6.07, 6.45) is 2.20. The molecule has 2 aliphatic rings. The molecule has 0 bridgehead atoms. The van der Waals surface area contributed by atoms with Gasteiger partial charge in [0, 0.05) is 56.4 Å². The van der Waals surface area contributed by atoms with Crippen LogP contribution < -0.4 is 0 Å². The second-order valence-corrected chi connectivity index (χ2v) is 8.86. The number of nitrogens with zero attached hydrogens (tertiary/aromatic N) is 3. The number of esters is 1. The van der Waals surface area contributed by atoms with Gasteiger partial charge in [-0.3, -0.25) is 14.6 Å². The Hall–Kier alpha value is -2.41. The van der Waals surface area contributed by atoms with Gasteiger partial charge in [-0.25, -0.2) is 4.79 Å². The van der Waals surface area contributed by atoms with Crippen LogP contribution in [0.4, 0.5) is 0 Å². The lowest BCUT2D eigenvalue weighted by Crippen LogP contribution is -2.49. The zero-order valence-electron chi connectivity index (χ0n) is 18.5. The summed E-state index contributed by atoms with van der Waals surface area (Å²) in [5.41, 5.74) is 2.74. The number of hydrogen-bond acceptors (Lipinski definition) is 5. The van der Waals surface area contributed by atoms with Crippen LogP contribution in [-0.2, 0) is 16.1 Å². The highest BCUT2D eigenvalue weighted by Gasteiger charge is 2.32. The first-order valence-electron chi connectivity index (χ1n) is 11.2. The smallest absolute Gasteiger partial charge is 0.327 e. The normalized spacial score (nSPS) is 18.5. The van der Waals surface area contributed by atoms with Gasteiger partial charge in [0.15, 0.2) is 0 Å². The summed E-state index contributed by atoms with van der Waals surface area (Å²) in [5, 5.41) is 0.578. The molecule has 0 spiro atoms. The van der Waals surface area contributed by atoms with Gasteiger partial charge in [0.25, 0.3) is 5.91 Å². The minimum Gasteiger partial charge on any atom is -0.468 e. The van der Waals surface area contributed by atoms with E-state index in [9.17, 15) is 9.59 Å². The van der Waals surface area contributed by atoms with Crippen LogP contribution in [0.5, 0.6) is 0 Å². The van der Waals surface area contributed by atoms with E-state index in [-0.39, 0.29) is 11.9 Å². The molecule has 2 aromatic carbocycles. The maximum absolute atomic E-state index is 12.6. The minimum absolute atomic E-state index is 0.135. The lowest BCUT2D eigenvalue weighted by molar-refractivity contribution is -0.148. The van der Waals surface area contributed by atoms with Crippen LogP contribution in [0.3, 0.4) is 0 Å². The molecule has 2 fully saturated rings. The molecule has 0 aromatic heterocycles. The maximum Gasteiger partial charge on any atom is 0.327 e. The van der Waals surface area contributed by atoms with Crippen molar-refractivity contribution in [1.29, 1.82) is 0 Å². The number of piperazine rings is 1. The van der Waals surface area contributed by atoms with Crippen molar-refractivity contribution < 1.29 is 14.3 Å². The van der Waals surface area contributed by atoms with E-state index in [0.717, 1.165) is 69.8 Å². The number of ether oxygens (including phenoxy) is 1. The van der Waals surface area contributed by atoms with Gasteiger partial charge in [0.2, 0.25) is 0 Å². The molecular weight excluding hydrogens is 426 g/mol. The summed E-state index contributed by atoms with van der Waals surface area (Å²) >= 11 is 6.38. The Morgan fingerprint density at radius 2 is 1.59 bits per heavy atom. The number of carbonyl (C=O) groups excluding carboxylic acids is 2. The van der Waals surface area contributed by atoms with Crippen molar-refractivity contribution in [2.45, 2.75) is 25.4 Å². The molecule has 0 aliphatic carbocycles. The van der Waals surface area contributed by atoms with Crippen molar-refractivity contribution in [3.63, 3.8) is 0 Å². The number of carbonyl (C=O) groups is 2. The molecule has 2 heterocycles. The standard InChI is InChI=1S/C25H30ClN3O3/c1-32-25(31)23(21-6-2-3-7-22(21)26)28-16-14-27(15-17-28)18-19-8-10-20(11-9-19)24(30)29-12-4-5-13-29/h2-3,6-11,23H,4-5,12-18H2,1H3. The highest BCUT2D eigenvalue weighted by atomic mass is 35.5. The lowest BCUT2D eigenvalue weighted by Gasteiger charge is -2.38. The van der Waals surface area contributed by atoms with E-state index in [2.05, 4.69) is 21.9 Å². The number of likely N-dealkylation sites (tertiary alicyclic amines) is 1. The van der Waals surface area contributed by atoms with Crippen LogP contribution in [0.15, 0.2) is 48.5 Å². The van der Waals surface area contributed by atoms with Gasteiger partial charge < -0.3 is 9.64 Å². The summed E-state index contributed by atoms with van der Waals surface area (Å²) in [7, 11) is 1.42. The molecule has 0 saturated carbocycles. The van der Waals surface area contributed by atoms with Crippen LogP contribution in [0.2, 0.25) is 5.02 Å². The molecule has 0 N–H and O–H groups in total. The van der Waals surface area contributed by atoms with Crippen molar-refractivity contribution in [2.75, 3.05) is 46.4 Å². The fourth-order valence-electron chi connectivity index (χ4n) is 4.57. The first kappa shape index (κ1) is 22.8. The third-order valence-corrected chi connectivity index (χ3v) is 6.74. The first-order chi connectivity index (χ1) is 15.6. The Labute approximate surface area is 194 Å². The third kappa shape index (κ3) is 5.14. The lowest BCUT2D eigenvalue weighted by atomic mass is 10.0. The fourth-order valence-corrected chi connectivity index (χ4v) is 4.81. The minimum atomic E-state index is -0.494. The Morgan fingerprint density at radius 3 is 2.22 bits per heavy atom. The van der Waals surface area contributed by atoms with Gasteiger partial charge >= 0.3 is 5.97 Å². The quantitative estimate of drug-likeness (QED) is 0.623. The van der Waals surface area contributed by atoms with E-state index in [1.165, 1.54) is 12.7 Å². The van der Waals surface area contributed by atoms with Crippen LogP contribution in [0, 0.1) is 0 Å². The highest BCUT2D eigenvalue weighted by molar-refractivity contribution is 6.31. The number of hydrogen-bond donors (Lipinski definition) is 0. The molecule has 170 valence electrons. The van der Waals surface area contributed by atoms with Gasteiger partial charge in [0.05, 0.1) is 7.11 Å². The zero-order valence-corrected chi connectivity index (χ0v) is 19.3. The molecule has 0 radical (unpaired) electrons. The molecule has 1 amide bonds. The molecule has 2 aromatic rings. The third-order valence-electron chi connectivity index (χ3n) is 6.40. The maximum atomic E-state index is 12.6. The zero-order chi connectivity index (χ0) is 22.5. The van der Waals surface area contributed by atoms with Crippen LogP contribution in [0.1, 0.15) is 40.4 Å². The van der Waals surface area contributed by atoms with Crippen LogP contribution >= 0.6 is 11.6 Å². The van der Waals surface area contributed by atoms with Gasteiger partial charge in [0.1, 0.15) is 6.04 Å². The molecule has 2 saturated heterocycles. The second-order valence-electron chi connectivity index (χ2n) is 8.46.